The van der Waals surface area contributed by atoms with Gasteiger partial charge in [0.2, 0.25) is 5.91 Å². The van der Waals surface area contributed by atoms with Crippen LogP contribution in [0.2, 0.25) is 0 Å². The Bertz CT molecular complexity index is 924. The zero-order valence-corrected chi connectivity index (χ0v) is 21.8. The van der Waals surface area contributed by atoms with Gasteiger partial charge in [0.05, 0.1) is 18.6 Å². The minimum Gasteiger partial charge on any atom is -0.461 e. The fraction of sp³-hybridized carbons (Fsp3) is 0.615. The molecular formula is C26H37NO8. The summed E-state index contributed by atoms with van der Waals surface area (Å²) in [6.45, 7) is 12.5. The second-order valence-corrected chi connectivity index (χ2v) is 10.6. The van der Waals surface area contributed by atoms with Crippen molar-refractivity contribution in [3.8, 4) is 0 Å². The Morgan fingerprint density at radius 2 is 1.49 bits per heavy atom. The summed E-state index contributed by atoms with van der Waals surface area (Å²) in [5.41, 5.74) is -5.10. The van der Waals surface area contributed by atoms with Crippen LogP contribution in [-0.4, -0.2) is 68.8 Å². The highest BCUT2D eigenvalue weighted by atomic mass is 16.6. The SMILES string of the molecule is CC(C)OC(=O)C1(C(=O)OC(C)C)N([C@H](Cc2ccccc2)C(=O)OC(C)(C)C)C(=O)CC1(C)O. The Balaban J connectivity index is 2.78. The number of carbonyl (C=O) groups is 4. The van der Waals surface area contributed by atoms with Gasteiger partial charge in [-0.3, -0.25) is 4.79 Å². The molecule has 9 nitrogen and oxygen atoms in total. The van der Waals surface area contributed by atoms with Gasteiger partial charge < -0.3 is 24.2 Å². The lowest BCUT2D eigenvalue weighted by Gasteiger charge is -2.43. The van der Waals surface area contributed by atoms with Crippen molar-refractivity contribution < 1.29 is 38.5 Å². The molecule has 1 fully saturated rings. The average molecular weight is 492 g/mol. The molecule has 0 saturated carbocycles. The minimum absolute atomic E-state index is 0.0662. The van der Waals surface area contributed by atoms with Crippen molar-refractivity contribution in [2.45, 2.75) is 103 Å². The third kappa shape index (κ3) is 6.01. The van der Waals surface area contributed by atoms with Crippen LogP contribution in [0.4, 0.5) is 0 Å². The number of likely N-dealkylation sites (tertiary alicyclic amines) is 1. The summed E-state index contributed by atoms with van der Waals surface area (Å²) < 4.78 is 16.4. The molecule has 1 aliphatic rings. The van der Waals surface area contributed by atoms with Crippen molar-refractivity contribution in [2.75, 3.05) is 0 Å². The van der Waals surface area contributed by atoms with Gasteiger partial charge in [0, 0.05) is 6.42 Å². The van der Waals surface area contributed by atoms with Crippen molar-refractivity contribution in [3.63, 3.8) is 0 Å². The second-order valence-electron chi connectivity index (χ2n) is 10.6. The molecule has 1 saturated heterocycles. The highest BCUT2D eigenvalue weighted by molar-refractivity contribution is 6.13. The summed E-state index contributed by atoms with van der Waals surface area (Å²) in [7, 11) is 0. The lowest BCUT2D eigenvalue weighted by atomic mass is 9.80. The Kier molecular flexibility index (Phi) is 8.37. The van der Waals surface area contributed by atoms with Crippen LogP contribution in [-0.2, 0) is 39.8 Å². The number of carbonyl (C=O) groups excluding carboxylic acids is 4. The van der Waals surface area contributed by atoms with Crippen LogP contribution in [0.1, 0.15) is 67.4 Å². The largest absolute Gasteiger partial charge is 0.461 e. The first-order chi connectivity index (χ1) is 16.0. The van der Waals surface area contributed by atoms with E-state index in [1.165, 1.54) is 6.92 Å². The predicted octanol–water partition coefficient (Wildman–Crippen LogP) is 2.56. The highest BCUT2D eigenvalue weighted by Gasteiger charge is 2.73. The topological polar surface area (TPSA) is 119 Å². The van der Waals surface area contributed by atoms with Crippen molar-refractivity contribution >= 4 is 23.8 Å². The van der Waals surface area contributed by atoms with Crippen molar-refractivity contribution in [3.05, 3.63) is 35.9 Å². The fourth-order valence-electron chi connectivity index (χ4n) is 4.17. The van der Waals surface area contributed by atoms with Crippen LogP contribution in [0.3, 0.4) is 0 Å². The quantitative estimate of drug-likeness (QED) is 0.335. The van der Waals surface area contributed by atoms with Gasteiger partial charge in [-0.25, -0.2) is 14.4 Å². The maximum atomic E-state index is 13.6. The van der Waals surface area contributed by atoms with Gasteiger partial charge in [0.15, 0.2) is 0 Å². The number of ether oxygens (including phenoxy) is 3. The van der Waals surface area contributed by atoms with Gasteiger partial charge in [-0.15, -0.1) is 0 Å². The van der Waals surface area contributed by atoms with Crippen molar-refractivity contribution in [1.82, 2.24) is 4.90 Å². The predicted molar refractivity (Wildman–Crippen MR) is 127 cm³/mol. The normalized spacial score (nSPS) is 20.7. The molecule has 9 heteroatoms. The first-order valence-electron chi connectivity index (χ1n) is 11.8. The maximum Gasteiger partial charge on any atom is 0.347 e. The first kappa shape index (κ1) is 28.3. The molecule has 0 aromatic heterocycles. The van der Waals surface area contributed by atoms with Crippen LogP contribution in [0.5, 0.6) is 0 Å². The Morgan fingerprint density at radius 1 is 1.00 bits per heavy atom. The van der Waals surface area contributed by atoms with E-state index in [4.69, 9.17) is 14.2 Å². The molecule has 35 heavy (non-hydrogen) atoms. The third-order valence-corrected chi connectivity index (χ3v) is 5.44. The van der Waals surface area contributed by atoms with Crippen LogP contribution >= 0.6 is 0 Å². The van der Waals surface area contributed by atoms with Crippen LogP contribution < -0.4 is 0 Å². The van der Waals surface area contributed by atoms with Crippen LogP contribution in [0, 0.1) is 0 Å². The molecule has 1 unspecified atom stereocenters. The maximum absolute atomic E-state index is 13.6. The van der Waals surface area contributed by atoms with Gasteiger partial charge in [-0.1, -0.05) is 30.3 Å². The molecule has 0 bridgehead atoms. The lowest BCUT2D eigenvalue weighted by Crippen LogP contribution is -2.72. The fourth-order valence-corrected chi connectivity index (χ4v) is 4.17. The van der Waals surface area contributed by atoms with E-state index in [0.29, 0.717) is 5.56 Å². The lowest BCUT2D eigenvalue weighted by molar-refractivity contribution is -0.198. The molecule has 0 spiro atoms. The highest BCUT2D eigenvalue weighted by Crippen LogP contribution is 2.44. The number of amides is 1. The summed E-state index contributed by atoms with van der Waals surface area (Å²) in [4.78, 5) is 55.0. The molecule has 1 aliphatic heterocycles. The Morgan fingerprint density at radius 3 is 1.91 bits per heavy atom. The molecule has 1 N–H and O–H groups in total. The number of nitrogens with zero attached hydrogens (tertiary/aromatic N) is 1. The first-order valence-corrected chi connectivity index (χ1v) is 11.8. The van der Waals surface area contributed by atoms with Gasteiger partial charge in [-0.05, 0) is 61.0 Å². The average Bonchev–Trinajstić information content (AvgIpc) is 2.89. The Labute approximate surface area is 206 Å². The second kappa shape index (κ2) is 10.4. The molecule has 2 rings (SSSR count). The molecule has 2 atom stereocenters. The smallest absolute Gasteiger partial charge is 0.347 e. The van der Waals surface area contributed by atoms with E-state index < -0.39 is 65.2 Å². The molecule has 1 aromatic carbocycles. The minimum atomic E-state index is -2.62. The number of esters is 3. The van der Waals surface area contributed by atoms with Gasteiger partial charge >= 0.3 is 17.9 Å². The summed E-state index contributed by atoms with van der Waals surface area (Å²) in [6, 6.07) is 7.39. The monoisotopic (exact) mass is 491 g/mol. The zero-order chi connectivity index (χ0) is 26.8. The summed E-state index contributed by atoms with van der Waals surface area (Å²) >= 11 is 0. The van der Waals surface area contributed by atoms with Gasteiger partial charge in [0.25, 0.3) is 5.54 Å². The van der Waals surface area contributed by atoms with Crippen LogP contribution in [0.15, 0.2) is 30.3 Å². The molecule has 194 valence electrons. The van der Waals surface area contributed by atoms with Gasteiger partial charge in [0.1, 0.15) is 17.2 Å². The molecule has 1 heterocycles. The number of hydrogen-bond acceptors (Lipinski definition) is 8. The van der Waals surface area contributed by atoms with E-state index in [9.17, 15) is 24.3 Å². The summed E-state index contributed by atoms with van der Waals surface area (Å²) in [5.74, 6) is -3.94. The van der Waals surface area contributed by atoms with Gasteiger partial charge in [-0.2, -0.15) is 0 Å². The van der Waals surface area contributed by atoms with Crippen molar-refractivity contribution in [1.29, 1.82) is 0 Å². The van der Waals surface area contributed by atoms with E-state index in [0.717, 1.165) is 4.90 Å². The van der Waals surface area contributed by atoms with Crippen molar-refractivity contribution in [2.24, 2.45) is 0 Å². The number of benzene rings is 1. The number of rotatable bonds is 8. The van der Waals surface area contributed by atoms with E-state index in [1.54, 1.807) is 78.8 Å². The third-order valence-electron chi connectivity index (χ3n) is 5.44. The number of hydrogen-bond donors (Lipinski definition) is 1. The summed E-state index contributed by atoms with van der Waals surface area (Å²) in [5, 5.41) is 11.4. The number of aliphatic hydroxyl groups is 1. The molecule has 0 aliphatic carbocycles. The molecule has 1 amide bonds. The van der Waals surface area contributed by atoms with Crippen LogP contribution in [0.25, 0.3) is 0 Å². The standard InChI is InChI=1S/C26H37NO8/c1-16(2)33-22(30)26(23(31)34-17(3)4)25(8,32)15-20(28)27(26)19(21(29)35-24(5,6)7)14-18-12-10-9-11-13-18/h9-13,16-17,19,32H,14-15H2,1-8H3/t19-,25?/m1/s1. The van der Waals surface area contributed by atoms with E-state index >= 15 is 0 Å². The zero-order valence-electron chi connectivity index (χ0n) is 21.8. The van der Waals surface area contributed by atoms with E-state index in [-0.39, 0.29) is 6.42 Å². The van der Waals surface area contributed by atoms with E-state index in [2.05, 4.69) is 0 Å². The molecule has 1 aromatic rings. The van der Waals surface area contributed by atoms with E-state index in [1.807, 2.05) is 0 Å². The molecule has 0 radical (unpaired) electrons. The molecular weight excluding hydrogens is 454 g/mol. The Hall–Kier alpha value is -2.94. The summed E-state index contributed by atoms with van der Waals surface area (Å²) in [6.07, 6.45) is -2.01.